The number of rotatable bonds is 2. The summed E-state index contributed by atoms with van der Waals surface area (Å²) < 4.78 is 0. The molecule has 1 aromatic rings. The van der Waals surface area contributed by atoms with Gasteiger partial charge in [-0.2, -0.15) is 0 Å². The number of anilines is 1. The predicted molar refractivity (Wildman–Crippen MR) is 63.5 cm³/mol. The predicted octanol–water partition coefficient (Wildman–Crippen LogP) is 2.24. The molecule has 6 heteroatoms. The van der Waals surface area contributed by atoms with Crippen LogP contribution in [0.5, 0.6) is 0 Å². The fraction of sp³-hybridized carbons (Fsp3) is 0.700. The van der Waals surface area contributed by atoms with Crippen LogP contribution < -0.4 is 10.6 Å². The minimum atomic E-state index is -0.171. The third kappa shape index (κ3) is 3.16. The molecule has 0 saturated heterocycles. The van der Waals surface area contributed by atoms with Gasteiger partial charge in [-0.15, -0.1) is 10.2 Å². The van der Waals surface area contributed by atoms with E-state index in [9.17, 15) is 4.79 Å². The Balaban J connectivity index is 1.78. The Labute approximate surface area is 98.7 Å². The lowest BCUT2D eigenvalue weighted by atomic mass is 9.87. The second-order valence-corrected chi connectivity index (χ2v) is 5.14. The lowest BCUT2D eigenvalue weighted by molar-refractivity contribution is 0.238. The van der Waals surface area contributed by atoms with Gasteiger partial charge in [0, 0.05) is 6.04 Å². The van der Waals surface area contributed by atoms with Crippen molar-refractivity contribution in [3.8, 4) is 0 Å². The molecule has 0 radical (unpaired) electrons. The first-order valence-electron chi connectivity index (χ1n) is 5.57. The lowest BCUT2D eigenvalue weighted by Gasteiger charge is -2.27. The van der Waals surface area contributed by atoms with E-state index in [1.807, 2.05) is 0 Å². The number of carbonyl (C=O) groups is 1. The highest BCUT2D eigenvalue weighted by Crippen LogP contribution is 2.23. The molecule has 1 aromatic heterocycles. The number of urea groups is 1. The van der Waals surface area contributed by atoms with E-state index < -0.39 is 0 Å². The van der Waals surface area contributed by atoms with Gasteiger partial charge in [-0.1, -0.05) is 31.1 Å². The molecule has 1 heterocycles. The van der Waals surface area contributed by atoms with Crippen LogP contribution in [0.3, 0.4) is 0 Å². The van der Waals surface area contributed by atoms with Crippen LogP contribution in [0.2, 0.25) is 0 Å². The van der Waals surface area contributed by atoms with E-state index in [4.69, 9.17) is 0 Å². The zero-order chi connectivity index (χ0) is 11.4. The molecule has 16 heavy (non-hydrogen) atoms. The smallest absolute Gasteiger partial charge is 0.321 e. The van der Waals surface area contributed by atoms with E-state index in [-0.39, 0.29) is 6.03 Å². The van der Waals surface area contributed by atoms with Gasteiger partial charge in [0.05, 0.1) is 0 Å². The number of hydrogen-bond donors (Lipinski definition) is 2. The SMILES string of the molecule is C[C@@H]1CCC[C@@H](NC(=O)Nc2nncs2)C1. The molecule has 0 aliphatic heterocycles. The molecule has 1 aliphatic rings. The van der Waals surface area contributed by atoms with Gasteiger partial charge in [0.1, 0.15) is 5.51 Å². The van der Waals surface area contributed by atoms with Crippen LogP contribution in [0.4, 0.5) is 9.93 Å². The molecule has 0 bridgehead atoms. The summed E-state index contributed by atoms with van der Waals surface area (Å²) in [6.45, 7) is 2.23. The number of carbonyl (C=O) groups excluding carboxylic acids is 1. The fourth-order valence-electron chi connectivity index (χ4n) is 2.11. The van der Waals surface area contributed by atoms with Crippen LogP contribution in [0, 0.1) is 5.92 Å². The number of hydrogen-bond acceptors (Lipinski definition) is 4. The van der Waals surface area contributed by atoms with E-state index in [0.29, 0.717) is 17.1 Å². The Kier molecular flexibility index (Phi) is 3.71. The average molecular weight is 240 g/mol. The average Bonchev–Trinajstić information content (AvgIpc) is 2.70. The van der Waals surface area contributed by atoms with Gasteiger partial charge in [0.25, 0.3) is 0 Å². The van der Waals surface area contributed by atoms with Gasteiger partial charge < -0.3 is 5.32 Å². The molecule has 0 spiro atoms. The summed E-state index contributed by atoms with van der Waals surface area (Å²) in [6, 6.07) is 0.132. The van der Waals surface area contributed by atoms with E-state index in [1.165, 1.54) is 24.2 Å². The first kappa shape index (κ1) is 11.3. The molecule has 1 saturated carbocycles. The van der Waals surface area contributed by atoms with Crippen LogP contribution in [0.25, 0.3) is 0 Å². The topological polar surface area (TPSA) is 66.9 Å². The molecule has 2 amide bonds. The van der Waals surface area contributed by atoms with Gasteiger partial charge in [0.2, 0.25) is 5.13 Å². The second kappa shape index (κ2) is 5.25. The number of aromatic nitrogens is 2. The van der Waals surface area contributed by atoms with Crippen molar-refractivity contribution in [1.82, 2.24) is 15.5 Å². The fourth-order valence-corrected chi connectivity index (χ4v) is 2.55. The summed E-state index contributed by atoms with van der Waals surface area (Å²) in [5.41, 5.74) is 1.60. The maximum absolute atomic E-state index is 11.6. The maximum Gasteiger partial charge on any atom is 0.321 e. The minimum Gasteiger partial charge on any atom is -0.335 e. The first-order valence-corrected chi connectivity index (χ1v) is 6.45. The molecule has 1 fully saturated rings. The Hall–Kier alpha value is -1.17. The van der Waals surface area contributed by atoms with E-state index in [2.05, 4.69) is 27.8 Å². The van der Waals surface area contributed by atoms with Crippen molar-refractivity contribution in [2.45, 2.75) is 38.6 Å². The summed E-state index contributed by atoms with van der Waals surface area (Å²) in [5.74, 6) is 0.709. The van der Waals surface area contributed by atoms with Crippen molar-refractivity contribution >= 4 is 22.5 Å². The van der Waals surface area contributed by atoms with Gasteiger partial charge in [0.15, 0.2) is 0 Å². The third-order valence-corrected chi connectivity index (χ3v) is 3.46. The van der Waals surface area contributed by atoms with Crippen molar-refractivity contribution < 1.29 is 4.79 Å². The number of nitrogens with zero attached hydrogens (tertiary/aromatic N) is 2. The Morgan fingerprint density at radius 3 is 3.12 bits per heavy atom. The van der Waals surface area contributed by atoms with E-state index in [1.54, 1.807) is 5.51 Å². The molecule has 2 atom stereocenters. The highest BCUT2D eigenvalue weighted by atomic mass is 32.1. The van der Waals surface area contributed by atoms with Crippen LogP contribution in [-0.2, 0) is 0 Å². The molecule has 2 N–H and O–H groups in total. The van der Waals surface area contributed by atoms with Crippen LogP contribution in [0.15, 0.2) is 5.51 Å². The van der Waals surface area contributed by atoms with Gasteiger partial charge in [-0.25, -0.2) is 4.79 Å². The van der Waals surface area contributed by atoms with Crippen molar-refractivity contribution in [2.75, 3.05) is 5.32 Å². The van der Waals surface area contributed by atoms with Crippen LogP contribution in [-0.4, -0.2) is 22.3 Å². The molecular weight excluding hydrogens is 224 g/mol. The van der Waals surface area contributed by atoms with Crippen molar-refractivity contribution in [3.05, 3.63) is 5.51 Å². The largest absolute Gasteiger partial charge is 0.335 e. The summed E-state index contributed by atoms with van der Waals surface area (Å²) in [7, 11) is 0. The highest BCUT2D eigenvalue weighted by Gasteiger charge is 2.20. The molecule has 2 rings (SSSR count). The maximum atomic E-state index is 11.6. The third-order valence-electron chi connectivity index (χ3n) is 2.85. The van der Waals surface area contributed by atoms with E-state index in [0.717, 1.165) is 12.8 Å². The monoisotopic (exact) mass is 240 g/mol. The molecule has 0 unspecified atom stereocenters. The highest BCUT2D eigenvalue weighted by molar-refractivity contribution is 7.13. The number of amides is 2. The number of nitrogens with one attached hydrogen (secondary N) is 2. The van der Waals surface area contributed by atoms with Crippen LogP contribution >= 0.6 is 11.3 Å². The molecular formula is C10H16N4OS. The van der Waals surface area contributed by atoms with Crippen molar-refractivity contribution in [3.63, 3.8) is 0 Å². The summed E-state index contributed by atoms with van der Waals surface area (Å²) in [6.07, 6.45) is 4.62. The zero-order valence-corrected chi connectivity index (χ0v) is 10.1. The normalized spacial score (nSPS) is 25.1. The molecule has 88 valence electrons. The van der Waals surface area contributed by atoms with Crippen molar-refractivity contribution in [1.29, 1.82) is 0 Å². The standard InChI is InChI=1S/C10H16N4OS/c1-7-3-2-4-8(5-7)12-9(15)13-10-14-11-6-16-10/h6-8H,2-5H2,1H3,(H2,12,13,14,15)/t7-,8-/m1/s1. The van der Waals surface area contributed by atoms with Crippen LogP contribution in [0.1, 0.15) is 32.6 Å². The molecule has 0 aromatic carbocycles. The first-order chi connectivity index (χ1) is 7.74. The Morgan fingerprint density at radius 1 is 1.56 bits per heavy atom. The summed E-state index contributed by atoms with van der Waals surface area (Å²) >= 11 is 1.32. The Bertz CT molecular complexity index is 341. The summed E-state index contributed by atoms with van der Waals surface area (Å²) in [5, 5.41) is 13.6. The quantitative estimate of drug-likeness (QED) is 0.833. The Morgan fingerprint density at radius 2 is 2.44 bits per heavy atom. The second-order valence-electron chi connectivity index (χ2n) is 4.31. The zero-order valence-electron chi connectivity index (χ0n) is 9.27. The van der Waals surface area contributed by atoms with Gasteiger partial charge in [-0.05, 0) is 18.8 Å². The van der Waals surface area contributed by atoms with Crippen molar-refractivity contribution in [2.24, 2.45) is 5.92 Å². The van der Waals surface area contributed by atoms with E-state index >= 15 is 0 Å². The minimum absolute atomic E-state index is 0.171. The molecule has 5 nitrogen and oxygen atoms in total. The summed E-state index contributed by atoms with van der Waals surface area (Å²) in [4.78, 5) is 11.6. The lowest BCUT2D eigenvalue weighted by Crippen LogP contribution is -2.40. The van der Waals surface area contributed by atoms with Gasteiger partial charge >= 0.3 is 6.03 Å². The van der Waals surface area contributed by atoms with Gasteiger partial charge in [-0.3, -0.25) is 5.32 Å². The molecule has 1 aliphatic carbocycles.